The van der Waals surface area contributed by atoms with Crippen LogP contribution in [-0.2, 0) is 23.7 Å². The van der Waals surface area contributed by atoms with Crippen molar-refractivity contribution in [2.75, 3.05) is 9.80 Å². The summed E-state index contributed by atoms with van der Waals surface area (Å²) in [5, 5.41) is 0. The molecule has 0 saturated carbocycles. The van der Waals surface area contributed by atoms with Crippen molar-refractivity contribution in [3.05, 3.63) is 136 Å². The Bertz CT molecular complexity index is 2000. The Morgan fingerprint density at radius 2 is 0.980 bits per heavy atom. The smallest absolute Gasteiger partial charge is 0.252 e. The van der Waals surface area contributed by atoms with Gasteiger partial charge in [0.05, 0.1) is 12.1 Å². The summed E-state index contributed by atoms with van der Waals surface area (Å²) in [7, 11) is 0. The summed E-state index contributed by atoms with van der Waals surface area (Å²) in [4.78, 5) is 5.60. The van der Waals surface area contributed by atoms with E-state index >= 15 is 0 Å². The van der Waals surface area contributed by atoms with Crippen LogP contribution in [0, 0.1) is 6.92 Å². The summed E-state index contributed by atoms with van der Waals surface area (Å²) in [6.07, 6.45) is 7.09. The number of hydrogen-bond donors (Lipinski definition) is 0. The number of hydrogen-bond acceptors (Lipinski definition) is 2. The summed E-state index contributed by atoms with van der Waals surface area (Å²) >= 11 is 0. The normalized spacial score (nSPS) is 19.3. The molecular formula is C47H51BN2. The Balaban J connectivity index is 1.36. The van der Waals surface area contributed by atoms with Crippen LogP contribution in [0.3, 0.4) is 0 Å². The number of nitrogens with zero attached hydrogens (tertiary/aromatic N) is 2. The van der Waals surface area contributed by atoms with Gasteiger partial charge in [0, 0.05) is 22.7 Å². The molecule has 50 heavy (non-hydrogen) atoms. The van der Waals surface area contributed by atoms with Crippen molar-refractivity contribution < 1.29 is 0 Å². The van der Waals surface area contributed by atoms with Gasteiger partial charge in [-0.05, 0) is 136 Å². The minimum Gasteiger partial charge on any atom is -0.335 e. The topological polar surface area (TPSA) is 6.48 Å². The molecule has 0 aromatic heterocycles. The highest BCUT2D eigenvalue weighted by atomic mass is 15.2. The zero-order valence-electron chi connectivity index (χ0n) is 31.1. The van der Waals surface area contributed by atoms with Gasteiger partial charge in [-0.2, -0.15) is 0 Å². The van der Waals surface area contributed by atoms with Crippen LogP contribution in [0.2, 0.25) is 0 Å². The Hall–Kier alpha value is -4.24. The summed E-state index contributed by atoms with van der Waals surface area (Å²) in [6.45, 7) is 16.7. The molecule has 0 radical (unpaired) electrons. The highest BCUT2D eigenvalue weighted by molar-refractivity contribution is 7.00. The van der Waals surface area contributed by atoms with E-state index < -0.39 is 0 Å². The highest BCUT2D eigenvalue weighted by Gasteiger charge is 2.47. The maximum Gasteiger partial charge on any atom is 0.252 e. The average Bonchev–Trinajstić information content (AvgIpc) is 3.10. The first-order valence-corrected chi connectivity index (χ1v) is 19.2. The van der Waals surface area contributed by atoms with E-state index in [4.69, 9.17) is 0 Å². The predicted molar refractivity (Wildman–Crippen MR) is 215 cm³/mol. The molecule has 4 aliphatic rings. The third kappa shape index (κ3) is 4.90. The summed E-state index contributed by atoms with van der Waals surface area (Å²) < 4.78 is 0. The standard InChI is InChI=1S/C47H51BN2/c1-30-26-43-45-44(27-30)50(40-21-13-17-32-15-9-11-19-36(32)40)42-29-34(47(5,6)7)23-25-38(42)48(45)37-24-22-33(46(2,3)4)28-41(37)49(43)39-20-12-16-31-14-8-10-18-35(31)39/h8-11,14-15,18-19,22-29,39-40H,12-13,16-17,20-21H2,1-7H3. The van der Waals surface area contributed by atoms with Gasteiger partial charge in [0.1, 0.15) is 0 Å². The van der Waals surface area contributed by atoms with E-state index in [0.29, 0.717) is 12.1 Å². The minimum absolute atomic E-state index is 0.0560. The molecule has 5 aromatic carbocycles. The van der Waals surface area contributed by atoms with Gasteiger partial charge in [-0.3, -0.25) is 0 Å². The van der Waals surface area contributed by atoms with Crippen molar-refractivity contribution in [3.63, 3.8) is 0 Å². The van der Waals surface area contributed by atoms with Gasteiger partial charge in [-0.15, -0.1) is 0 Å². The lowest BCUT2D eigenvalue weighted by Gasteiger charge is -2.50. The first-order chi connectivity index (χ1) is 24.0. The number of fused-ring (bicyclic) bond motifs is 6. The number of benzene rings is 5. The van der Waals surface area contributed by atoms with E-state index in [-0.39, 0.29) is 17.5 Å². The third-order valence-electron chi connectivity index (χ3n) is 12.3. The molecule has 0 fully saturated rings. The van der Waals surface area contributed by atoms with Crippen LogP contribution in [0.15, 0.2) is 97.1 Å². The molecule has 2 nitrogen and oxygen atoms in total. The van der Waals surface area contributed by atoms with E-state index in [1.165, 1.54) is 104 Å². The van der Waals surface area contributed by atoms with Gasteiger partial charge in [-0.1, -0.05) is 114 Å². The number of anilines is 4. The minimum atomic E-state index is 0.0560. The lowest BCUT2D eigenvalue weighted by atomic mass is 9.33. The molecule has 9 rings (SSSR count). The van der Waals surface area contributed by atoms with Crippen molar-refractivity contribution in [1.29, 1.82) is 0 Å². The monoisotopic (exact) mass is 654 g/mol. The van der Waals surface area contributed by atoms with Gasteiger partial charge in [0.15, 0.2) is 0 Å². The van der Waals surface area contributed by atoms with Crippen LogP contribution in [-0.4, -0.2) is 6.71 Å². The molecule has 252 valence electrons. The zero-order chi connectivity index (χ0) is 34.5. The van der Waals surface area contributed by atoms with Crippen molar-refractivity contribution in [2.24, 2.45) is 0 Å². The number of aryl methyl sites for hydroxylation is 3. The van der Waals surface area contributed by atoms with Crippen LogP contribution >= 0.6 is 0 Å². The Labute approximate surface area is 300 Å². The molecule has 3 heteroatoms. The lowest BCUT2D eigenvalue weighted by molar-refractivity contribution is 0.554. The van der Waals surface area contributed by atoms with Gasteiger partial charge in [-0.25, -0.2) is 0 Å². The quantitative estimate of drug-likeness (QED) is 0.175. The molecular weight excluding hydrogens is 603 g/mol. The van der Waals surface area contributed by atoms with Crippen molar-refractivity contribution >= 4 is 45.9 Å². The van der Waals surface area contributed by atoms with Crippen LogP contribution in [0.4, 0.5) is 22.7 Å². The van der Waals surface area contributed by atoms with Crippen molar-refractivity contribution in [3.8, 4) is 0 Å². The summed E-state index contributed by atoms with van der Waals surface area (Å²) in [6, 6.07) is 39.2. The lowest BCUT2D eigenvalue weighted by Crippen LogP contribution is -2.63. The van der Waals surface area contributed by atoms with Crippen molar-refractivity contribution in [2.45, 2.75) is 110 Å². The van der Waals surface area contributed by atoms with Crippen LogP contribution in [0.5, 0.6) is 0 Å². The Morgan fingerprint density at radius 3 is 1.42 bits per heavy atom. The average molecular weight is 655 g/mol. The van der Waals surface area contributed by atoms with Crippen molar-refractivity contribution in [1.82, 2.24) is 0 Å². The first kappa shape index (κ1) is 31.7. The van der Waals surface area contributed by atoms with E-state index in [1.807, 2.05) is 0 Å². The second-order valence-corrected chi connectivity index (χ2v) is 17.7. The SMILES string of the molecule is Cc1cc2c3c(c1)N(C1CCCc4ccccc41)c1cc(C(C)(C)C)ccc1B3c1ccc(C(C)(C)C)cc1N2C1CCCc2ccccc21. The molecule has 0 spiro atoms. The van der Waals surface area contributed by atoms with Crippen LogP contribution in [0.25, 0.3) is 0 Å². The van der Waals surface area contributed by atoms with Crippen LogP contribution in [0.1, 0.15) is 118 Å². The fourth-order valence-corrected chi connectivity index (χ4v) is 9.78. The molecule has 0 saturated heterocycles. The van der Waals surface area contributed by atoms with Gasteiger partial charge >= 0.3 is 0 Å². The largest absolute Gasteiger partial charge is 0.335 e. The molecule has 2 atom stereocenters. The molecule has 2 heterocycles. The summed E-state index contributed by atoms with van der Waals surface area (Å²) in [5.41, 5.74) is 20.3. The second-order valence-electron chi connectivity index (χ2n) is 17.7. The molecule has 2 unspecified atom stereocenters. The first-order valence-electron chi connectivity index (χ1n) is 19.2. The Kier molecular flexibility index (Phi) is 7.23. The van der Waals surface area contributed by atoms with E-state index in [1.54, 1.807) is 0 Å². The van der Waals surface area contributed by atoms with E-state index in [9.17, 15) is 0 Å². The molecule has 0 amide bonds. The molecule has 2 aliphatic carbocycles. The summed E-state index contributed by atoms with van der Waals surface area (Å²) in [5.74, 6) is 0. The highest BCUT2D eigenvalue weighted by Crippen LogP contribution is 2.49. The van der Waals surface area contributed by atoms with Gasteiger partial charge < -0.3 is 9.80 Å². The molecule has 0 bridgehead atoms. The van der Waals surface area contributed by atoms with Gasteiger partial charge in [0.2, 0.25) is 0 Å². The predicted octanol–water partition coefficient (Wildman–Crippen LogP) is 10.2. The van der Waals surface area contributed by atoms with E-state index in [2.05, 4.69) is 155 Å². The molecule has 5 aromatic rings. The van der Waals surface area contributed by atoms with Crippen LogP contribution < -0.4 is 26.2 Å². The number of rotatable bonds is 2. The Morgan fingerprint density at radius 1 is 0.540 bits per heavy atom. The fraction of sp³-hybridized carbons (Fsp3) is 0.362. The van der Waals surface area contributed by atoms with E-state index in [0.717, 1.165) is 12.8 Å². The molecule has 2 aliphatic heterocycles. The maximum atomic E-state index is 2.80. The fourth-order valence-electron chi connectivity index (χ4n) is 9.78. The molecule has 0 N–H and O–H groups in total. The zero-order valence-corrected chi connectivity index (χ0v) is 31.1. The van der Waals surface area contributed by atoms with Gasteiger partial charge in [0.25, 0.3) is 6.71 Å². The second kappa shape index (κ2) is 11.4. The maximum absolute atomic E-state index is 2.80. The third-order valence-corrected chi connectivity index (χ3v) is 12.3.